The van der Waals surface area contributed by atoms with Gasteiger partial charge in [-0.1, -0.05) is 12.1 Å². The summed E-state index contributed by atoms with van der Waals surface area (Å²) in [6.45, 7) is 6.15. The van der Waals surface area contributed by atoms with Crippen molar-refractivity contribution in [1.82, 2.24) is 8.75 Å². The number of rotatable bonds is 4. The lowest BCUT2D eigenvalue weighted by Gasteiger charge is -2.23. The molecule has 120 valence electrons. The molecular weight excluding hydrogens is 330 g/mol. The van der Waals surface area contributed by atoms with Crippen molar-refractivity contribution in [2.45, 2.75) is 25.7 Å². The second-order valence-corrected chi connectivity index (χ2v) is 7.69. The maximum atomic E-state index is 13.1. The lowest BCUT2D eigenvalue weighted by atomic mass is 10.1. The molecule has 7 heteroatoms. The highest BCUT2D eigenvalue weighted by Crippen LogP contribution is 2.29. The van der Waals surface area contributed by atoms with Gasteiger partial charge < -0.3 is 0 Å². The molecule has 0 aliphatic heterocycles. The van der Waals surface area contributed by atoms with Crippen LogP contribution in [-0.4, -0.2) is 23.7 Å². The molecule has 0 aliphatic rings. The van der Waals surface area contributed by atoms with Crippen LogP contribution >= 0.6 is 11.7 Å². The van der Waals surface area contributed by atoms with Crippen LogP contribution < -0.4 is 4.31 Å². The third kappa shape index (κ3) is 2.70. The Morgan fingerprint density at radius 1 is 1.09 bits per heavy atom. The van der Waals surface area contributed by atoms with Crippen molar-refractivity contribution in [3.8, 4) is 0 Å². The van der Waals surface area contributed by atoms with E-state index in [2.05, 4.69) is 8.75 Å². The normalized spacial score (nSPS) is 11.8. The predicted molar refractivity (Wildman–Crippen MR) is 93.5 cm³/mol. The minimum Gasteiger partial charge on any atom is -0.267 e. The van der Waals surface area contributed by atoms with E-state index >= 15 is 0 Å². The maximum absolute atomic E-state index is 13.1. The maximum Gasteiger partial charge on any atom is 0.266 e. The Kier molecular flexibility index (Phi) is 4.08. The molecule has 0 unspecified atom stereocenters. The highest BCUT2D eigenvalue weighted by atomic mass is 32.2. The van der Waals surface area contributed by atoms with Crippen LogP contribution in [-0.2, 0) is 10.0 Å². The first-order chi connectivity index (χ1) is 10.9. The Morgan fingerprint density at radius 3 is 2.57 bits per heavy atom. The van der Waals surface area contributed by atoms with Crippen molar-refractivity contribution < 1.29 is 8.42 Å². The quantitative estimate of drug-likeness (QED) is 0.724. The molecule has 0 fully saturated rings. The smallest absolute Gasteiger partial charge is 0.266 e. The number of benzene rings is 2. The molecule has 0 aliphatic carbocycles. The zero-order valence-corrected chi connectivity index (χ0v) is 14.8. The number of fused-ring (bicyclic) bond motifs is 1. The molecule has 0 saturated heterocycles. The van der Waals surface area contributed by atoms with Gasteiger partial charge in [-0.25, -0.2) is 8.42 Å². The molecule has 0 spiro atoms. The van der Waals surface area contributed by atoms with Crippen molar-refractivity contribution in [2.24, 2.45) is 0 Å². The fourth-order valence-corrected chi connectivity index (χ4v) is 4.70. The number of anilines is 1. The molecule has 1 heterocycles. The van der Waals surface area contributed by atoms with Gasteiger partial charge >= 0.3 is 0 Å². The Bertz CT molecular complexity index is 964. The second-order valence-electron chi connectivity index (χ2n) is 5.33. The first-order valence-electron chi connectivity index (χ1n) is 7.26. The summed E-state index contributed by atoms with van der Waals surface area (Å²) in [4.78, 5) is 0.198. The van der Waals surface area contributed by atoms with Crippen LogP contribution in [0.5, 0.6) is 0 Å². The Morgan fingerprint density at radius 2 is 1.87 bits per heavy atom. The van der Waals surface area contributed by atoms with E-state index in [-0.39, 0.29) is 4.90 Å². The van der Waals surface area contributed by atoms with E-state index < -0.39 is 10.0 Å². The summed E-state index contributed by atoms with van der Waals surface area (Å²) >= 11 is 1.02. The third-order valence-electron chi connectivity index (χ3n) is 3.88. The minimum atomic E-state index is -3.69. The van der Waals surface area contributed by atoms with E-state index in [4.69, 9.17) is 0 Å². The van der Waals surface area contributed by atoms with Gasteiger partial charge in [0.25, 0.3) is 10.0 Å². The molecule has 3 rings (SSSR count). The summed E-state index contributed by atoms with van der Waals surface area (Å²) in [6, 6.07) is 10.7. The monoisotopic (exact) mass is 347 g/mol. The van der Waals surface area contributed by atoms with Crippen molar-refractivity contribution in [1.29, 1.82) is 0 Å². The van der Waals surface area contributed by atoms with Crippen LogP contribution in [0, 0.1) is 13.8 Å². The van der Waals surface area contributed by atoms with Gasteiger partial charge in [-0.05, 0) is 56.2 Å². The minimum absolute atomic E-state index is 0.198. The van der Waals surface area contributed by atoms with E-state index in [0.717, 1.165) is 22.9 Å². The summed E-state index contributed by atoms with van der Waals surface area (Å²) < 4.78 is 36.0. The summed E-state index contributed by atoms with van der Waals surface area (Å²) in [5.41, 5.74) is 3.89. The second kappa shape index (κ2) is 5.90. The molecule has 23 heavy (non-hydrogen) atoms. The standard InChI is InChI=1S/C16H17N3O2S2/c1-4-19(13-9-8-11(2)12(3)10-13)23(20,21)15-7-5-6-14-16(15)18-22-17-14/h5-10H,4H2,1-3H3. The Hall–Kier alpha value is -1.99. The number of hydrogen-bond acceptors (Lipinski definition) is 5. The van der Waals surface area contributed by atoms with Gasteiger partial charge in [0, 0.05) is 6.54 Å². The number of aryl methyl sites for hydroxylation is 2. The average Bonchev–Trinajstić information content (AvgIpc) is 2.99. The summed E-state index contributed by atoms with van der Waals surface area (Å²) in [5, 5.41) is 0. The molecule has 3 aromatic rings. The molecule has 0 amide bonds. The Balaban J connectivity index is 2.16. The van der Waals surface area contributed by atoms with E-state index in [1.54, 1.807) is 18.2 Å². The number of sulfonamides is 1. The molecule has 1 aromatic heterocycles. The molecule has 0 bridgehead atoms. The van der Waals surface area contributed by atoms with Crippen molar-refractivity contribution >= 4 is 38.5 Å². The fraction of sp³-hybridized carbons (Fsp3) is 0.250. The lowest BCUT2D eigenvalue weighted by Crippen LogP contribution is -2.31. The Labute approximate surface area is 140 Å². The van der Waals surface area contributed by atoms with Crippen LogP contribution in [0.25, 0.3) is 11.0 Å². The zero-order chi connectivity index (χ0) is 16.6. The van der Waals surface area contributed by atoms with E-state index in [1.807, 2.05) is 39.0 Å². The van der Waals surface area contributed by atoms with Crippen molar-refractivity contribution in [3.63, 3.8) is 0 Å². The summed E-state index contributed by atoms with van der Waals surface area (Å²) in [6.07, 6.45) is 0. The predicted octanol–water partition coefficient (Wildman–Crippen LogP) is 3.52. The van der Waals surface area contributed by atoms with Crippen molar-refractivity contribution in [3.05, 3.63) is 47.5 Å². The summed E-state index contributed by atoms with van der Waals surface area (Å²) in [7, 11) is -3.69. The fourth-order valence-electron chi connectivity index (χ4n) is 2.48. The van der Waals surface area contributed by atoms with Gasteiger partial charge in [-0.2, -0.15) is 8.75 Å². The number of hydrogen-bond donors (Lipinski definition) is 0. The zero-order valence-electron chi connectivity index (χ0n) is 13.1. The van der Waals surface area contributed by atoms with Crippen LogP contribution in [0.4, 0.5) is 5.69 Å². The largest absolute Gasteiger partial charge is 0.267 e. The molecular formula is C16H17N3O2S2. The molecule has 0 radical (unpaired) electrons. The van der Waals surface area contributed by atoms with Crippen LogP contribution in [0.3, 0.4) is 0 Å². The molecule has 5 nitrogen and oxygen atoms in total. The van der Waals surface area contributed by atoms with E-state index in [9.17, 15) is 8.42 Å². The van der Waals surface area contributed by atoms with Gasteiger partial charge in [0.2, 0.25) is 0 Å². The number of aromatic nitrogens is 2. The molecule has 0 N–H and O–H groups in total. The molecule has 2 aromatic carbocycles. The van der Waals surface area contributed by atoms with Crippen LogP contribution in [0.2, 0.25) is 0 Å². The van der Waals surface area contributed by atoms with Gasteiger partial charge in [0.1, 0.15) is 15.9 Å². The van der Waals surface area contributed by atoms with Crippen molar-refractivity contribution in [2.75, 3.05) is 10.8 Å². The topological polar surface area (TPSA) is 63.2 Å². The first-order valence-corrected chi connectivity index (χ1v) is 9.43. The first kappa shape index (κ1) is 15.9. The summed E-state index contributed by atoms with van der Waals surface area (Å²) in [5.74, 6) is 0. The third-order valence-corrected chi connectivity index (χ3v) is 6.36. The lowest BCUT2D eigenvalue weighted by molar-refractivity contribution is 0.592. The van der Waals surface area contributed by atoms with E-state index in [1.165, 1.54) is 4.31 Å². The van der Waals surface area contributed by atoms with Gasteiger partial charge in [0.15, 0.2) is 0 Å². The van der Waals surface area contributed by atoms with Crippen LogP contribution in [0.15, 0.2) is 41.3 Å². The SMILES string of the molecule is CCN(c1ccc(C)c(C)c1)S(=O)(=O)c1cccc2nsnc12. The highest BCUT2D eigenvalue weighted by Gasteiger charge is 2.27. The van der Waals surface area contributed by atoms with Gasteiger partial charge in [-0.15, -0.1) is 0 Å². The molecule has 0 saturated carbocycles. The van der Waals surface area contributed by atoms with Gasteiger partial charge in [0.05, 0.1) is 17.4 Å². The van der Waals surface area contributed by atoms with Crippen LogP contribution in [0.1, 0.15) is 18.1 Å². The average molecular weight is 347 g/mol. The molecule has 0 atom stereocenters. The number of nitrogens with zero attached hydrogens (tertiary/aromatic N) is 3. The van der Waals surface area contributed by atoms with Gasteiger partial charge in [-0.3, -0.25) is 4.31 Å². The highest BCUT2D eigenvalue weighted by molar-refractivity contribution is 7.93. The van der Waals surface area contributed by atoms with E-state index in [0.29, 0.717) is 23.3 Å².